The molecule has 0 aromatic heterocycles. The number of nitrogens with one attached hydrogen (secondary N) is 2. The number of carbonyl (C=O) groups is 3. The van der Waals surface area contributed by atoms with Crippen LogP contribution in [0.15, 0.2) is 45.8 Å². The topological polar surface area (TPSA) is 116 Å². The van der Waals surface area contributed by atoms with Crippen LogP contribution < -0.4 is 15.5 Å². The highest BCUT2D eigenvalue weighted by Gasteiger charge is 2.38. The molecule has 2 aliphatic heterocycles. The summed E-state index contributed by atoms with van der Waals surface area (Å²) in [6, 6.07) is 10.2. The molecule has 2 heterocycles. The Balaban J connectivity index is 1.53. The van der Waals surface area contributed by atoms with Gasteiger partial charge < -0.3 is 15.5 Å². The molecule has 0 radical (unpaired) electrons. The molecule has 4 rings (SSSR count). The van der Waals surface area contributed by atoms with Crippen LogP contribution >= 0.6 is 15.9 Å². The third-order valence-electron chi connectivity index (χ3n) is 6.44. The molecule has 0 spiro atoms. The molecule has 2 aromatic rings. The van der Waals surface area contributed by atoms with Gasteiger partial charge >= 0.3 is 0 Å². The lowest BCUT2D eigenvalue weighted by Crippen LogP contribution is -2.44. The summed E-state index contributed by atoms with van der Waals surface area (Å²) in [5, 5.41) is 5.52. The zero-order chi connectivity index (χ0) is 26.0. The first-order chi connectivity index (χ1) is 17.1. The van der Waals surface area contributed by atoms with E-state index in [2.05, 4.69) is 26.6 Å². The first-order valence-corrected chi connectivity index (χ1v) is 14.1. The number of hydrogen-bond acceptors (Lipinski definition) is 5. The Bertz CT molecular complexity index is 1300. The predicted octanol–water partition coefficient (Wildman–Crippen LogP) is 3.75. The lowest BCUT2D eigenvalue weighted by Gasteiger charge is -2.32. The van der Waals surface area contributed by atoms with Crippen molar-refractivity contribution in [3.63, 3.8) is 0 Å². The monoisotopic (exact) mass is 576 g/mol. The largest absolute Gasteiger partial charge is 0.326 e. The minimum Gasteiger partial charge on any atom is -0.326 e. The van der Waals surface area contributed by atoms with Gasteiger partial charge in [0.05, 0.1) is 11.6 Å². The summed E-state index contributed by atoms with van der Waals surface area (Å²) in [4.78, 5) is 38.4. The molecule has 2 aromatic carbocycles. The Morgan fingerprint density at radius 3 is 2.36 bits per heavy atom. The van der Waals surface area contributed by atoms with Crippen molar-refractivity contribution >= 4 is 60.7 Å². The maximum Gasteiger partial charge on any atom is 0.245 e. The number of amides is 3. The predicted molar refractivity (Wildman–Crippen MR) is 141 cm³/mol. The molecule has 1 saturated heterocycles. The van der Waals surface area contributed by atoms with Crippen molar-refractivity contribution in [2.75, 3.05) is 35.2 Å². The van der Waals surface area contributed by atoms with E-state index in [9.17, 15) is 22.8 Å². The van der Waals surface area contributed by atoms with E-state index in [1.165, 1.54) is 11.2 Å². The van der Waals surface area contributed by atoms with Crippen molar-refractivity contribution in [3.8, 4) is 0 Å². The van der Waals surface area contributed by atoms with Gasteiger partial charge in [0.1, 0.15) is 4.90 Å². The van der Waals surface area contributed by atoms with Crippen molar-refractivity contribution in [2.24, 2.45) is 5.92 Å². The van der Waals surface area contributed by atoms with Crippen LogP contribution in [0.2, 0.25) is 0 Å². The molecule has 2 N–H and O–H groups in total. The highest BCUT2D eigenvalue weighted by molar-refractivity contribution is 9.10. The van der Waals surface area contributed by atoms with Gasteiger partial charge in [-0.05, 0) is 61.2 Å². The highest BCUT2D eigenvalue weighted by atomic mass is 79.9. The summed E-state index contributed by atoms with van der Waals surface area (Å²) in [6.07, 6.45) is 1.99. The van der Waals surface area contributed by atoms with Crippen LogP contribution in [0.4, 0.5) is 17.1 Å². The molecular weight excluding hydrogens is 548 g/mol. The lowest BCUT2D eigenvalue weighted by atomic mass is 9.98. The molecule has 0 aliphatic carbocycles. The number of anilines is 3. The summed E-state index contributed by atoms with van der Waals surface area (Å²) in [5.41, 5.74) is 2.45. The number of nitrogens with zero attached hydrogens (tertiary/aromatic N) is 2. The Labute approximate surface area is 219 Å². The molecule has 0 unspecified atom stereocenters. The van der Waals surface area contributed by atoms with E-state index in [0.717, 1.165) is 5.56 Å². The number of halogens is 1. The van der Waals surface area contributed by atoms with Crippen LogP contribution in [0.5, 0.6) is 0 Å². The fourth-order valence-corrected chi connectivity index (χ4v) is 7.15. The van der Waals surface area contributed by atoms with Crippen molar-refractivity contribution in [2.45, 2.75) is 44.4 Å². The molecule has 192 valence electrons. The van der Waals surface area contributed by atoms with Crippen LogP contribution in [-0.2, 0) is 30.8 Å². The van der Waals surface area contributed by atoms with Crippen molar-refractivity contribution in [1.29, 1.82) is 0 Å². The number of piperidine rings is 1. The second-order valence-corrected chi connectivity index (χ2v) is 11.8. The maximum absolute atomic E-state index is 13.8. The Hall–Kier alpha value is -2.76. The third-order valence-corrected chi connectivity index (χ3v) is 8.78. The highest BCUT2D eigenvalue weighted by Crippen LogP contribution is 2.40. The number of carbonyl (C=O) groups excluding carboxylic acids is 3. The summed E-state index contributed by atoms with van der Waals surface area (Å²) in [5.74, 6) is -1.08. The van der Waals surface area contributed by atoms with Crippen LogP contribution in [0.3, 0.4) is 0 Å². The molecule has 0 saturated carbocycles. The molecule has 9 nitrogen and oxygen atoms in total. The van der Waals surface area contributed by atoms with Crippen LogP contribution in [0.1, 0.15) is 38.7 Å². The second-order valence-electron chi connectivity index (χ2n) is 9.01. The number of fused-ring (bicyclic) bond motifs is 1. The molecule has 11 heteroatoms. The molecule has 3 amide bonds. The van der Waals surface area contributed by atoms with Crippen LogP contribution in [0, 0.1) is 5.92 Å². The smallest absolute Gasteiger partial charge is 0.245 e. The molecule has 1 fully saturated rings. The number of rotatable bonds is 6. The van der Waals surface area contributed by atoms with E-state index in [0.29, 0.717) is 53.9 Å². The second kappa shape index (κ2) is 10.7. The Morgan fingerprint density at radius 2 is 1.72 bits per heavy atom. The van der Waals surface area contributed by atoms with Gasteiger partial charge in [-0.3, -0.25) is 14.4 Å². The molecule has 36 heavy (non-hydrogen) atoms. The normalized spacial score (nSPS) is 18.0. The number of sulfonamides is 1. The van der Waals surface area contributed by atoms with Gasteiger partial charge in [-0.15, -0.1) is 0 Å². The lowest BCUT2D eigenvalue weighted by molar-refractivity contribution is -0.121. The van der Waals surface area contributed by atoms with Crippen molar-refractivity contribution in [1.82, 2.24) is 4.31 Å². The first kappa shape index (κ1) is 26.3. The van der Waals surface area contributed by atoms with Gasteiger partial charge in [0.15, 0.2) is 0 Å². The Kier molecular flexibility index (Phi) is 7.82. The van der Waals surface area contributed by atoms with Gasteiger partial charge in [0, 0.05) is 48.8 Å². The number of benzene rings is 2. The van der Waals surface area contributed by atoms with E-state index < -0.39 is 15.9 Å². The van der Waals surface area contributed by atoms with E-state index in [1.54, 1.807) is 42.2 Å². The quantitative estimate of drug-likeness (QED) is 0.543. The SMILES string of the molecule is CCC(=O)N1CCc2cc(Br)cc(S(=O)(=O)N3CCC[C@@H](C(=O)Nc4ccc(NC(C)=O)cc4)C3)c21. The van der Waals surface area contributed by atoms with Gasteiger partial charge in [0.2, 0.25) is 27.7 Å². The molecule has 0 bridgehead atoms. The third kappa shape index (κ3) is 5.47. The van der Waals surface area contributed by atoms with Gasteiger partial charge in [-0.25, -0.2) is 8.42 Å². The van der Waals surface area contributed by atoms with Crippen LogP contribution in [0.25, 0.3) is 0 Å². The van der Waals surface area contributed by atoms with E-state index in [1.807, 2.05) is 6.07 Å². The molecule has 2 aliphatic rings. The number of hydrogen-bond donors (Lipinski definition) is 2. The fraction of sp³-hybridized carbons (Fsp3) is 0.400. The maximum atomic E-state index is 13.8. The van der Waals surface area contributed by atoms with E-state index >= 15 is 0 Å². The average molecular weight is 578 g/mol. The minimum atomic E-state index is -3.95. The summed E-state index contributed by atoms with van der Waals surface area (Å²) in [6.45, 7) is 3.99. The fourth-order valence-electron chi connectivity index (χ4n) is 4.70. The standard InChI is InChI=1S/C25H29BrN4O5S/c1-3-23(32)30-12-10-17-13-19(26)14-22(24(17)30)36(34,35)29-11-4-5-18(15-29)25(33)28-21-8-6-20(7-9-21)27-16(2)31/h6-9,13-14,18H,3-5,10-12,15H2,1-2H3,(H,27,31)(H,28,33)/t18-/m1/s1. The molecular formula is C25H29BrN4O5S. The minimum absolute atomic E-state index is 0.0567. The summed E-state index contributed by atoms with van der Waals surface area (Å²) in [7, 11) is -3.95. The van der Waals surface area contributed by atoms with E-state index in [-0.39, 0.29) is 35.6 Å². The molecule has 1 atom stereocenters. The average Bonchev–Trinajstić information content (AvgIpc) is 3.27. The summed E-state index contributed by atoms with van der Waals surface area (Å²) >= 11 is 3.42. The van der Waals surface area contributed by atoms with E-state index in [4.69, 9.17) is 0 Å². The first-order valence-electron chi connectivity index (χ1n) is 11.9. The van der Waals surface area contributed by atoms with Crippen molar-refractivity contribution < 1.29 is 22.8 Å². The van der Waals surface area contributed by atoms with Gasteiger partial charge in [-0.2, -0.15) is 4.31 Å². The van der Waals surface area contributed by atoms with Crippen molar-refractivity contribution in [3.05, 3.63) is 46.4 Å². The van der Waals surface area contributed by atoms with Gasteiger partial charge in [-0.1, -0.05) is 22.9 Å². The van der Waals surface area contributed by atoms with Crippen LogP contribution in [-0.4, -0.2) is 50.1 Å². The zero-order valence-electron chi connectivity index (χ0n) is 20.2. The van der Waals surface area contributed by atoms with Gasteiger partial charge in [0.25, 0.3) is 0 Å². The zero-order valence-corrected chi connectivity index (χ0v) is 22.6. The summed E-state index contributed by atoms with van der Waals surface area (Å²) < 4.78 is 29.6. The Morgan fingerprint density at radius 1 is 1.06 bits per heavy atom.